The van der Waals surface area contributed by atoms with Crippen molar-refractivity contribution in [2.75, 3.05) is 0 Å². The summed E-state index contributed by atoms with van der Waals surface area (Å²) in [6.07, 6.45) is 17.9. The number of hydrogen-bond donors (Lipinski definition) is 3. The number of hydrogen-bond acceptors (Lipinski definition) is 3. The van der Waals surface area contributed by atoms with Crippen molar-refractivity contribution in [1.29, 1.82) is 0 Å². The van der Waals surface area contributed by atoms with E-state index in [1.807, 2.05) is 0 Å². The molecule has 1 atom stereocenters. The van der Waals surface area contributed by atoms with Crippen molar-refractivity contribution in [2.45, 2.75) is 120 Å². The normalized spacial score (nSPS) is 11.5. The first-order chi connectivity index (χ1) is 13.0. The van der Waals surface area contributed by atoms with Gasteiger partial charge in [-0.2, -0.15) is 0 Å². The standard InChI is InChI=1S/C16H32O2.C5H11NO2Se/c1-2-3-4-5-6-7-8-9-10-11-12-13-14-15-16(17)18;1-9-3-2-4(6)5(7)8/h2-15H2,1H3,(H,17,18);4H,2-3,6H2,1H3,(H,7,8)/t;4-/m.0/s1. The SMILES string of the molecule is CCCCCCCCCCCCCCCC(=O)O.C[Se]CC[C@H](N)C(=O)O. The van der Waals surface area contributed by atoms with Gasteiger partial charge in [-0.1, -0.05) is 84.0 Å². The molecule has 0 heterocycles. The van der Waals surface area contributed by atoms with Crippen LogP contribution in [0.15, 0.2) is 0 Å². The van der Waals surface area contributed by atoms with Crippen LogP contribution in [-0.4, -0.2) is 43.2 Å². The van der Waals surface area contributed by atoms with E-state index in [0.29, 0.717) is 27.8 Å². The van der Waals surface area contributed by atoms with E-state index in [4.69, 9.17) is 15.9 Å². The summed E-state index contributed by atoms with van der Waals surface area (Å²) in [5, 5.41) is 17.7. The van der Waals surface area contributed by atoms with Gasteiger partial charge in [-0.3, -0.25) is 4.79 Å². The molecule has 0 aliphatic carbocycles. The van der Waals surface area contributed by atoms with E-state index in [1.54, 1.807) is 0 Å². The molecular weight excluding hydrogens is 409 g/mol. The molecule has 0 unspecified atom stereocenters. The average Bonchev–Trinajstić information content (AvgIpc) is 2.63. The van der Waals surface area contributed by atoms with Gasteiger partial charge in [0, 0.05) is 6.42 Å². The molecule has 0 bridgehead atoms. The molecule has 0 radical (unpaired) electrons. The molecule has 4 N–H and O–H groups in total. The van der Waals surface area contributed by atoms with Crippen LogP contribution in [0.2, 0.25) is 11.1 Å². The van der Waals surface area contributed by atoms with Gasteiger partial charge in [0.1, 0.15) is 0 Å². The van der Waals surface area contributed by atoms with Crippen LogP contribution in [-0.2, 0) is 9.59 Å². The third-order valence-electron chi connectivity index (χ3n) is 4.44. The summed E-state index contributed by atoms with van der Waals surface area (Å²) in [6.45, 7) is 2.26. The monoisotopic (exact) mass is 453 g/mol. The van der Waals surface area contributed by atoms with Crippen molar-refractivity contribution in [3.8, 4) is 0 Å². The van der Waals surface area contributed by atoms with Gasteiger partial charge >= 0.3 is 66.1 Å². The van der Waals surface area contributed by atoms with Crippen molar-refractivity contribution in [1.82, 2.24) is 0 Å². The minimum absolute atomic E-state index is 0.345. The Morgan fingerprint density at radius 2 is 1.22 bits per heavy atom. The molecule has 27 heavy (non-hydrogen) atoms. The second-order valence-corrected chi connectivity index (χ2v) is 9.18. The minimum atomic E-state index is -0.890. The predicted molar refractivity (Wildman–Crippen MR) is 115 cm³/mol. The zero-order valence-electron chi connectivity index (χ0n) is 17.6. The molecule has 0 aliphatic heterocycles. The van der Waals surface area contributed by atoms with E-state index in [2.05, 4.69) is 12.7 Å². The third-order valence-corrected chi connectivity index (χ3v) is 5.80. The number of carboxylic acid groups (broad SMARTS) is 2. The van der Waals surface area contributed by atoms with Gasteiger partial charge < -0.3 is 5.11 Å². The Morgan fingerprint density at radius 3 is 1.56 bits per heavy atom. The van der Waals surface area contributed by atoms with Gasteiger partial charge in [-0.05, 0) is 6.42 Å². The maximum atomic E-state index is 10.3. The van der Waals surface area contributed by atoms with Crippen LogP contribution >= 0.6 is 0 Å². The number of unbranched alkanes of at least 4 members (excludes halogenated alkanes) is 12. The Balaban J connectivity index is 0. The Labute approximate surface area is 173 Å². The predicted octanol–water partition coefficient (Wildman–Crippen LogP) is 5.51. The van der Waals surface area contributed by atoms with Crippen molar-refractivity contribution >= 4 is 26.9 Å². The molecule has 5 nitrogen and oxygen atoms in total. The zero-order chi connectivity index (χ0) is 20.8. The van der Waals surface area contributed by atoms with Crippen LogP contribution in [0.5, 0.6) is 0 Å². The molecule has 0 amide bonds. The quantitative estimate of drug-likeness (QED) is 0.188. The van der Waals surface area contributed by atoms with Gasteiger partial charge in [0.05, 0.1) is 0 Å². The molecule has 0 aliphatic rings. The van der Waals surface area contributed by atoms with E-state index in [1.165, 1.54) is 70.6 Å². The van der Waals surface area contributed by atoms with Crippen LogP contribution in [0.1, 0.15) is 103 Å². The Bertz CT molecular complexity index is 340. The molecule has 162 valence electrons. The summed E-state index contributed by atoms with van der Waals surface area (Å²) in [6, 6.07) is -0.646. The van der Waals surface area contributed by atoms with E-state index in [9.17, 15) is 9.59 Å². The number of nitrogens with two attached hydrogens (primary N) is 1. The summed E-state index contributed by atoms with van der Waals surface area (Å²) >= 11 is 0.549. The molecule has 0 aromatic heterocycles. The van der Waals surface area contributed by atoms with Crippen LogP contribution in [0, 0.1) is 0 Å². The summed E-state index contributed by atoms with van der Waals surface area (Å²) < 4.78 is 0. The first-order valence-electron chi connectivity index (χ1n) is 10.6. The fourth-order valence-corrected chi connectivity index (χ4v) is 3.69. The first kappa shape index (κ1) is 28.6. The van der Waals surface area contributed by atoms with Gasteiger partial charge in [0.2, 0.25) is 0 Å². The molecule has 0 fully saturated rings. The number of carboxylic acids is 2. The van der Waals surface area contributed by atoms with Crippen LogP contribution in [0.25, 0.3) is 0 Å². The fourth-order valence-electron chi connectivity index (χ4n) is 2.66. The van der Waals surface area contributed by atoms with Gasteiger partial charge in [-0.15, -0.1) is 0 Å². The molecule has 0 saturated heterocycles. The fraction of sp³-hybridized carbons (Fsp3) is 0.905. The van der Waals surface area contributed by atoms with Crippen molar-refractivity contribution in [3.63, 3.8) is 0 Å². The molecule has 0 spiro atoms. The topological polar surface area (TPSA) is 101 Å². The van der Waals surface area contributed by atoms with Gasteiger partial charge in [0.15, 0.2) is 0 Å². The Hall–Kier alpha value is -0.581. The van der Waals surface area contributed by atoms with E-state index < -0.39 is 18.0 Å². The van der Waals surface area contributed by atoms with Crippen molar-refractivity contribution < 1.29 is 19.8 Å². The number of carbonyl (C=O) groups is 2. The van der Waals surface area contributed by atoms with E-state index >= 15 is 0 Å². The molecule has 0 rings (SSSR count). The zero-order valence-corrected chi connectivity index (χ0v) is 19.3. The second-order valence-electron chi connectivity index (χ2n) is 7.11. The summed E-state index contributed by atoms with van der Waals surface area (Å²) in [5.41, 5.74) is 5.21. The molecule has 6 heteroatoms. The summed E-state index contributed by atoms with van der Waals surface area (Å²) in [7, 11) is 0. The Kier molecular flexibility index (Phi) is 24.9. The molecule has 0 saturated carbocycles. The van der Waals surface area contributed by atoms with Gasteiger partial charge in [-0.25, -0.2) is 0 Å². The van der Waals surface area contributed by atoms with Crippen LogP contribution in [0.4, 0.5) is 0 Å². The van der Waals surface area contributed by atoms with Gasteiger partial charge in [0.25, 0.3) is 0 Å². The average molecular weight is 453 g/mol. The number of rotatable bonds is 18. The maximum absolute atomic E-state index is 10.3. The Morgan fingerprint density at radius 1 is 0.815 bits per heavy atom. The van der Waals surface area contributed by atoms with Crippen molar-refractivity contribution in [3.05, 3.63) is 0 Å². The molecule has 0 aromatic carbocycles. The van der Waals surface area contributed by atoms with Crippen LogP contribution < -0.4 is 5.73 Å². The van der Waals surface area contributed by atoms with Crippen molar-refractivity contribution in [2.24, 2.45) is 5.73 Å². The molecular formula is C21H43NO4Se. The summed E-state index contributed by atoms with van der Waals surface area (Å²) in [4.78, 5) is 20.4. The van der Waals surface area contributed by atoms with E-state index in [0.717, 1.165) is 18.2 Å². The van der Waals surface area contributed by atoms with Crippen LogP contribution in [0.3, 0.4) is 0 Å². The number of aliphatic carboxylic acids is 2. The third kappa shape index (κ3) is 27.7. The summed E-state index contributed by atoms with van der Waals surface area (Å²) in [5.74, 6) is 0.527. The second kappa shape index (κ2) is 23.5. The van der Waals surface area contributed by atoms with E-state index in [-0.39, 0.29) is 0 Å². The molecule has 0 aromatic rings. The first-order valence-corrected chi connectivity index (χ1v) is 13.6.